The Morgan fingerprint density at radius 2 is 0.661 bits per heavy atom. The maximum absolute atomic E-state index is 8.35. The molecule has 20 nitrogen and oxygen atoms in total. The first-order valence-corrected chi connectivity index (χ1v) is 21.5. The van der Waals surface area contributed by atoms with E-state index in [0.29, 0.717) is 35.5 Å². The van der Waals surface area contributed by atoms with E-state index in [-0.39, 0.29) is 85.0 Å². The third-order valence-electron chi connectivity index (χ3n) is 15.4. The maximum atomic E-state index is 8.35. The first-order valence-electron chi connectivity index (χ1n) is 21.5. The van der Waals surface area contributed by atoms with Gasteiger partial charge in [-0.3, -0.25) is 47.9 Å². The van der Waals surface area contributed by atoms with Crippen LogP contribution in [0.3, 0.4) is 0 Å². The molecule has 0 aromatic rings. The summed E-state index contributed by atoms with van der Waals surface area (Å²) in [6, 6.07) is -2.74. The molecule has 8 bridgehead atoms. The van der Waals surface area contributed by atoms with E-state index in [4.69, 9.17) is 60.5 Å². The molecular formula is C36H68N20. The smallest absolute Gasteiger partial charge is 0.186 e. The van der Waals surface area contributed by atoms with Crippen molar-refractivity contribution in [1.29, 1.82) is 5.41 Å². The zero-order chi connectivity index (χ0) is 38.8. The Labute approximate surface area is 329 Å². The average Bonchev–Trinajstić information content (AvgIpc) is 3.89. The highest BCUT2D eigenvalue weighted by Crippen LogP contribution is 2.47. The number of aliphatic imine (C=N–C) groups is 3. The lowest BCUT2D eigenvalue weighted by Gasteiger charge is -2.48. The van der Waals surface area contributed by atoms with Crippen LogP contribution in [0.4, 0.5) is 0 Å². The topological polar surface area (TPSA) is 351 Å². The fourth-order valence-corrected chi connectivity index (χ4v) is 13.4. The monoisotopic (exact) mass is 781 g/mol. The van der Waals surface area contributed by atoms with Crippen molar-refractivity contribution in [2.24, 2.45) is 102 Å². The second kappa shape index (κ2) is 15.5. The van der Waals surface area contributed by atoms with Gasteiger partial charge in [-0.1, -0.05) is 38.5 Å². The molecule has 4 saturated carbocycles. The zero-order valence-electron chi connectivity index (χ0n) is 32.4. The van der Waals surface area contributed by atoms with Gasteiger partial charge >= 0.3 is 0 Å². The SMILES string of the molecule is N=C(N)NC1C(N=C(N)N)C(N=C(N)N)C2C3NC4NC(NC5NC(NC6NC(NC(N3)C2C1N=C(N)N)C1CCCCC61)C1CCCCC51)C1CCCCC41. The van der Waals surface area contributed by atoms with Crippen LogP contribution in [0.1, 0.15) is 77.0 Å². The number of rotatable bonds is 4. The van der Waals surface area contributed by atoms with Gasteiger partial charge in [0.2, 0.25) is 0 Å². The lowest BCUT2D eigenvalue weighted by molar-refractivity contribution is 0.109. The second-order valence-electron chi connectivity index (χ2n) is 18.4. The summed E-state index contributed by atoms with van der Waals surface area (Å²) >= 11 is 0. The van der Waals surface area contributed by atoms with Gasteiger partial charge in [0.15, 0.2) is 23.8 Å². The summed E-state index contributed by atoms with van der Waals surface area (Å²) in [7, 11) is 0. The Morgan fingerprint density at radius 1 is 0.393 bits per heavy atom. The first kappa shape index (κ1) is 38.3. The summed E-state index contributed by atoms with van der Waals surface area (Å²) in [6.45, 7) is 0. The molecule has 20 heteroatoms. The largest absolute Gasteiger partial charge is 0.370 e. The van der Waals surface area contributed by atoms with Crippen LogP contribution < -0.4 is 88.0 Å². The van der Waals surface area contributed by atoms with Crippen molar-refractivity contribution >= 4 is 23.8 Å². The first-order chi connectivity index (χ1) is 27.0. The van der Waals surface area contributed by atoms with Crippen LogP contribution in [-0.4, -0.2) is 97.3 Å². The summed E-state index contributed by atoms with van der Waals surface area (Å²) in [6.07, 6.45) is 14.7. The molecule has 56 heavy (non-hydrogen) atoms. The predicted molar refractivity (Wildman–Crippen MR) is 216 cm³/mol. The van der Waals surface area contributed by atoms with E-state index < -0.39 is 24.2 Å². The highest BCUT2D eigenvalue weighted by atomic mass is 15.4. The van der Waals surface area contributed by atoms with Gasteiger partial charge < -0.3 is 45.5 Å². The second-order valence-corrected chi connectivity index (χ2v) is 18.4. The maximum Gasteiger partial charge on any atom is 0.186 e. The van der Waals surface area contributed by atoms with E-state index in [9.17, 15) is 0 Å². The molecule has 5 aliphatic heterocycles. The molecule has 5 saturated heterocycles. The Morgan fingerprint density at radius 3 is 0.982 bits per heavy atom. The van der Waals surface area contributed by atoms with Gasteiger partial charge in [-0.2, -0.15) is 0 Å². The average molecular weight is 781 g/mol. The molecule has 0 aromatic heterocycles. The molecule has 20 atom stereocenters. The van der Waals surface area contributed by atoms with Gasteiger partial charge in [0.05, 0.1) is 73.5 Å². The third kappa shape index (κ3) is 7.02. The van der Waals surface area contributed by atoms with E-state index in [1.54, 1.807) is 0 Å². The zero-order valence-corrected chi connectivity index (χ0v) is 32.4. The van der Waals surface area contributed by atoms with Crippen LogP contribution in [-0.2, 0) is 0 Å². The quantitative estimate of drug-likeness (QED) is 0.0950. The van der Waals surface area contributed by atoms with Crippen LogP contribution in [0, 0.1) is 52.8 Å². The van der Waals surface area contributed by atoms with E-state index in [1.807, 2.05) is 0 Å². The lowest BCUT2D eigenvalue weighted by atomic mass is 9.67. The number of hydrogen-bond acceptors (Lipinski definition) is 12. The van der Waals surface area contributed by atoms with Crippen LogP contribution in [0.25, 0.3) is 0 Å². The lowest BCUT2D eigenvalue weighted by Crippen LogP contribution is -2.68. The number of nitrogens with two attached hydrogens (primary N) is 7. The fourth-order valence-electron chi connectivity index (χ4n) is 13.4. The molecule has 0 aromatic carbocycles. The molecule has 4 aliphatic carbocycles. The van der Waals surface area contributed by atoms with Crippen LogP contribution >= 0.6 is 0 Å². The van der Waals surface area contributed by atoms with Crippen LogP contribution in [0.2, 0.25) is 0 Å². The number of nitrogens with zero attached hydrogens (tertiary/aromatic N) is 3. The molecule has 9 rings (SSSR count). The number of nitrogens with one attached hydrogen (secondary N) is 10. The van der Waals surface area contributed by atoms with Crippen LogP contribution in [0.5, 0.6) is 0 Å². The van der Waals surface area contributed by atoms with Gasteiger partial charge in [0.25, 0.3) is 0 Å². The van der Waals surface area contributed by atoms with Gasteiger partial charge in [0, 0.05) is 11.8 Å². The van der Waals surface area contributed by atoms with Crippen molar-refractivity contribution in [1.82, 2.24) is 47.9 Å². The van der Waals surface area contributed by atoms with Gasteiger partial charge in [-0.25, -0.2) is 15.0 Å². The number of guanidine groups is 4. The van der Waals surface area contributed by atoms with Crippen molar-refractivity contribution in [3.05, 3.63) is 0 Å². The molecule has 20 unspecified atom stereocenters. The number of hydrogen-bond donors (Lipinski definition) is 17. The highest BCUT2D eigenvalue weighted by Gasteiger charge is 2.62. The van der Waals surface area contributed by atoms with Crippen molar-refractivity contribution in [3.63, 3.8) is 0 Å². The van der Waals surface area contributed by atoms with E-state index in [2.05, 4.69) is 47.9 Å². The van der Waals surface area contributed by atoms with E-state index >= 15 is 0 Å². The van der Waals surface area contributed by atoms with Crippen molar-refractivity contribution in [2.75, 3.05) is 0 Å². The standard InChI is InChI=1S/C36H68N20/c37-33(38)45-21-19-20(22(46-34(39)40)24(48-36(43)44)23(21)47-35(41)42)32-55-30-18-12-6-4-10-16(18)28(53-30)51-26-14-8-2-1-7-13(14)25(49-26)50-27-15-9-3-5-11-17(15)29(52-27)54-31(19)56-32/h13-32,49-56H,1-12H2,(H4,37,38,45)(H4,39,40,46)(H4,41,42,47)(H4,43,44,48). The van der Waals surface area contributed by atoms with Gasteiger partial charge in [-0.15, -0.1) is 0 Å². The highest BCUT2D eigenvalue weighted by molar-refractivity contribution is 5.79. The Hall–Kier alpha value is -3.24. The molecule has 5 heterocycles. The Kier molecular flexibility index (Phi) is 10.6. The molecule has 24 N–H and O–H groups in total. The minimum Gasteiger partial charge on any atom is -0.370 e. The van der Waals surface area contributed by atoms with E-state index in [0.717, 1.165) is 12.8 Å². The van der Waals surface area contributed by atoms with Crippen LogP contribution in [0.15, 0.2) is 15.0 Å². The number of fused-ring (bicyclic) bond motifs is 20. The Balaban J connectivity index is 1.15. The molecular weight excluding hydrogens is 713 g/mol. The molecule has 0 spiro atoms. The van der Waals surface area contributed by atoms with Gasteiger partial charge in [0.1, 0.15) is 0 Å². The van der Waals surface area contributed by atoms with E-state index in [1.165, 1.54) is 64.2 Å². The molecule has 312 valence electrons. The molecule has 9 aliphatic rings. The predicted octanol–water partition coefficient (Wildman–Crippen LogP) is -4.18. The summed E-state index contributed by atoms with van der Waals surface area (Å²) in [5, 5.41) is 44.4. The molecule has 9 fully saturated rings. The summed E-state index contributed by atoms with van der Waals surface area (Å²) in [4.78, 5) is 14.5. The minimum atomic E-state index is -0.765. The summed E-state index contributed by atoms with van der Waals surface area (Å²) in [5.41, 5.74) is 43.2. The van der Waals surface area contributed by atoms with Crippen molar-refractivity contribution in [3.8, 4) is 0 Å². The molecule has 0 amide bonds. The minimum absolute atomic E-state index is 0.00720. The molecule has 0 radical (unpaired) electrons. The summed E-state index contributed by atoms with van der Waals surface area (Å²) in [5.74, 6) is 1.78. The van der Waals surface area contributed by atoms with Crippen molar-refractivity contribution < 1.29 is 0 Å². The summed E-state index contributed by atoms with van der Waals surface area (Å²) < 4.78 is 0. The van der Waals surface area contributed by atoms with Crippen molar-refractivity contribution in [2.45, 2.75) is 151 Å². The van der Waals surface area contributed by atoms with Gasteiger partial charge in [-0.05, 0) is 74.0 Å². The Bertz CT molecular complexity index is 1530. The fraction of sp³-hybridized carbons (Fsp3) is 0.889. The normalized spacial score (nSPS) is 49.3. The third-order valence-corrected chi connectivity index (χ3v) is 15.4.